The van der Waals surface area contributed by atoms with Crippen molar-refractivity contribution in [2.45, 2.75) is 112 Å². The Morgan fingerprint density at radius 2 is 1.62 bits per heavy atom. The largest absolute Gasteiger partial charge is 0.481 e. The van der Waals surface area contributed by atoms with Gasteiger partial charge in [0.2, 0.25) is 0 Å². The lowest BCUT2D eigenvalue weighted by molar-refractivity contribution is -0.213. The predicted molar refractivity (Wildman–Crippen MR) is 133 cm³/mol. The molecule has 0 spiro atoms. The summed E-state index contributed by atoms with van der Waals surface area (Å²) in [6, 6.07) is 0. The maximum absolute atomic E-state index is 13.5. The number of aliphatic carboxylic acids is 1. The van der Waals surface area contributed by atoms with Crippen LogP contribution in [0.1, 0.15) is 106 Å². The normalized spacial score (nSPS) is 53.9. The van der Waals surface area contributed by atoms with Gasteiger partial charge in [0.05, 0.1) is 16.9 Å². The Morgan fingerprint density at radius 1 is 0.941 bits per heavy atom. The maximum atomic E-state index is 13.5. The predicted octanol–water partition coefficient (Wildman–Crippen LogP) is 6.41. The van der Waals surface area contributed by atoms with Crippen molar-refractivity contribution in [3.63, 3.8) is 0 Å². The Labute approximate surface area is 206 Å². The van der Waals surface area contributed by atoms with Crippen molar-refractivity contribution in [3.05, 3.63) is 11.6 Å². The summed E-state index contributed by atoms with van der Waals surface area (Å²) in [6.07, 6.45) is 12.1. The smallest absolute Gasteiger partial charge is 0.314 e. The third kappa shape index (κ3) is 2.81. The summed E-state index contributed by atoms with van der Waals surface area (Å²) in [5, 5.41) is 21.9. The van der Waals surface area contributed by atoms with Crippen LogP contribution in [0.25, 0.3) is 0 Å². The van der Waals surface area contributed by atoms with Gasteiger partial charge < -0.3 is 15.0 Å². The van der Waals surface area contributed by atoms with E-state index in [1.165, 1.54) is 18.4 Å². The van der Waals surface area contributed by atoms with Gasteiger partial charge in [0, 0.05) is 0 Å². The number of aldehydes is 1. The van der Waals surface area contributed by atoms with Crippen LogP contribution in [0.5, 0.6) is 0 Å². The molecule has 5 rings (SSSR count). The Bertz CT molecular complexity index is 936. The lowest BCUT2D eigenvalue weighted by atomic mass is 9.33. The van der Waals surface area contributed by atoms with Crippen molar-refractivity contribution in [2.24, 2.45) is 50.2 Å². The van der Waals surface area contributed by atoms with Crippen molar-refractivity contribution in [1.29, 1.82) is 0 Å². The van der Waals surface area contributed by atoms with E-state index in [1.807, 2.05) is 6.92 Å². The highest BCUT2D eigenvalue weighted by Gasteiger charge is 2.72. The number of rotatable bonds is 2. The highest BCUT2D eigenvalue weighted by Crippen LogP contribution is 2.75. The number of allylic oxidation sites excluding steroid dienone is 1. The van der Waals surface area contributed by atoms with Crippen LogP contribution >= 0.6 is 0 Å². The Kier molecular flexibility index (Phi) is 5.20. The van der Waals surface area contributed by atoms with E-state index >= 15 is 0 Å². The van der Waals surface area contributed by atoms with Crippen molar-refractivity contribution < 1.29 is 19.8 Å². The van der Waals surface area contributed by atoms with E-state index in [4.69, 9.17) is 0 Å². The van der Waals surface area contributed by atoms with Crippen molar-refractivity contribution >= 4 is 12.3 Å². The van der Waals surface area contributed by atoms with Crippen molar-refractivity contribution in [3.8, 4) is 0 Å². The molecule has 0 aliphatic heterocycles. The molecule has 190 valence electrons. The number of hydrogen-bond acceptors (Lipinski definition) is 3. The van der Waals surface area contributed by atoms with Crippen LogP contribution in [0.3, 0.4) is 0 Å². The molecule has 0 aromatic heterocycles. The standard InChI is InChI=1S/C30H46O4/c1-25(2)13-14-26(3)15-16-30(24(33)34)19(20(26)17-25)7-8-22-27(4)11-10-23(32)28(5,18-31)21(27)9-12-29(22,30)6/h7,18,20-23,32H,8-17H2,1-6H3,(H,33,34). The van der Waals surface area contributed by atoms with Crippen LogP contribution in [0.2, 0.25) is 0 Å². The number of carbonyl (C=O) groups is 2. The maximum Gasteiger partial charge on any atom is 0.314 e. The zero-order valence-corrected chi connectivity index (χ0v) is 22.2. The fraction of sp³-hybridized carbons (Fsp3) is 0.867. The second-order valence-electron chi connectivity index (χ2n) is 14.8. The second-order valence-corrected chi connectivity index (χ2v) is 14.8. The van der Waals surface area contributed by atoms with Crippen LogP contribution in [0.15, 0.2) is 11.6 Å². The molecule has 0 heterocycles. The summed E-state index contributed by atoms with van der Waals surface area (Å²) in [7, 11) is 0. The zero-order chi connectivity index (χ0) is 24.9. The SMILES string of the molecule is CC1(C)CCC2(C)CCC3(C(=O)O)C(=CCC4C5(C)CCC(O)C(C)(C=O)C5CCC43C)C2C1. The van der Waals surface area contributed by atoms with Gasteiger partial charge in [0.25, 0.3) is 0 Å². The summed E-state index contributed by atoms with van der Waals surface area (Å²) >= 11 is 0. The molecule has 0 saturated heterocycles. The molecule has 0 aromatic carbocycles. The fourth-order valence-electron chi connectivity index (χ4n) is 10.5. The first kappa shape index (κ1) is 24.5. The molecule has 0 bridgehead atoms. The van der Waals surface area contributed by atoms with Gasteiger partial charge >= 0.3 is 5.97 Å². The van der Waals surface area contributed by atoms with E-state index in [0.29, 0.717) is 12.3 Å². The van der Waals surface area contributed by atoms with E-state index in [-0.39, 0.29) is 33.5 Å². The molecule has 2 N–H and O–H groups in total. The molecule has 4 heteroatoms. The van der Waals surface area contributed by atoms with Crippen LogP contribution in [-0.4, -0.2) is 28.6 Å². The summed E-state index contributed by atoms with van der Waals surface area (Å²) in [6.45, 7) is 13.7. The van der Waals surface area contributed by atoms with Gasteiger partial charge in [0.15, 0.2) is 0 Å². The molecule has 34 heavy (non-hydrogen) atoms. The summed E-state index contributed by atoms with van der Waals surface area (Å²) in [5.74, 6) is 0.0409. The van der Waals surface area contributed by atoms with Gasteiger partial charge in [-0.1, -0.05) is 53.2 Å². The number of aliphatic hydroxyl groups excluding tert-OH is 1. The molecule has 5 aliphatic rings. The number of carboxylic acids is 1. The molecule has 4 fully saturated rings. The van der Waals surface area contributed by atoms with Crippen LogP contribution in [0.4, 0.5) is 0 Å². The molecule has 9 atom stereocenters. The molecule has 4 saturated carbocycles. The summed E-state index contributed by atoms with van der Waals surface area (Å²) in [4.78, 5) is 25.8. The number of hydrogen-bond donors (Lipinski definition) is 2. The van der Waals surface area contributed by atoms with Gasteiger partial charge in [-0.05, 0) is 104 Å². The topological polar surface area (TPSA) is 74.6 Å². The van der Waals surface area contributed by atoms with Crippen molar-refractivity contribution in [1.82, 2.24) is 0 Å². The van der Waals surface area contributed by atoms with Gasteiger partial charge in [0.1, 0.15) is 6.29 Å². The molecule has 9 unspecified atom stereocenters. The highest BCUT2D eigenvalue weighted by molar-refractivity contribution is 5.81. The number of carbonyl (C=O) groups excluding carboxylic acids is 1. The van der Waals surface area contributed by atoms with E-state index < -0.39 is 22.9 Å². The first-order valence-electron chi connectivity index (χ1n) is 13.8. The van der Waals surface area contributed by atoms with E-state index in [9.17, 15) is 19.8 Å². The van der Waals surface area contributed by atoms with Gasteiger partial charge in [-0.2, -0.15) is 0 Å². The molecule has 0 radical (unpaired) electrons. The fourth-order valence-corrected chi connectivity index (χ4v) is 10.5. The van der Waals surface area contributed by atoms with Crippen LogP contribution in [-0.2, 0) is 9.59 Å². The minimum absolute atomic E-state index is 0.0996. The minimum atomic E-state index is -0.810. The van der Waals surface area contributed by atoms with E-state index in [2.05, 4.69) is 40.7 Å². The van der Waals surface area contributed by atoms with Crippen LogP contribution < -0.4 is 0 Å². The first-order valence-corrected chi connectivity index (χ1v) is 13.8. The quantitative estimate of drug-likeness (QED) is 0.361. The number of aliphatic hydroxyl groups is 1. The van der Waals surface area contributed by atoms with Gasteiger partial charge in [-0.15, -0.1) is 0 Å². The molecular formula is C30H46O4. The number of carboxylic acid groups (broad SMARTS) is 1. The molecular weight excluding hydrogens is 424 g/mol. The van der Waals surface area contributed by atoms with Crippen LogP contribution in [0, 0.1) is 50.2 Å². The van der Waals surface area contributed by atoms with Gasteiger partial charge in [-0.3, -0.25) is 4.79 Å². The molecule has 5 aliphatic carbocycles. The third-order valence-electron chi connectivity index (χ3n) is 12.8. The summed E-state index contributed by atoms with van der Waals surface area (Å²) in [5.41, 5.74) is -0.323. The average molecular weight is 471 g/mol. The molecule has 4 nitrogen and oxygen atoms in total. The first-order chi connectivity index (χ1) is 15.7. The average Bonchev–Trinajstić information content (AvgIpc) is 2.76. The molecule has 0 amide bonds. The Morgan fingerprint density at radius 3 is 2.26 bits per heavy atom. The minimum Gasteiger partial charge on any atom is -0.481 e. The monoisotopic (exact) mass is 470 g/mol. The Hall–Kier alpha value is -1.16. The van der Waals surface area contributed by atoms with E-state index in [1.54, 1.807) is 0 Å². The molecule has 0 aromatic rings. The third-order valence-corrected chi connectivity index (χ3v) is 12.8. The van der Waals surface area contributed by atoms with Crippen molar-refractivity contribution in [2.75, 3.05) is 0 Å². The second kappa shape index (κ2) is 7.20. The highest BCUT2D eigenvalue weighted by atomic mass is 16.4. The lowest BCUT2D eigenvalue weighted by Gasteiger charge is -2.70. The zero-order valence-electron chi connectivity index (χ0n) is 22.2. The number of fused-ring (bicyclic) bond motifs is 7. The van der Waals surface area contributed by atoms with Gasteiger partial charge in [-0.25, -0.2) is 0 Å². The lowest BCUT2D eigenvalue weighted by Crippen LogP contribution is -2.67. The Balaban J connectivity index is 1.65. The summed E-state index contributed by atoms with van der Waals surface area (Å²) < 4.78 is 0. The van der Waals surface area contributed by atoms with E-state index in [0.717, 1.165) is 51.2 Å².